The van der Waals surface area contributed by atoms with Gasteiger partial charge in [0.1, 0.15) is 0 Å². The van der Waals surface area contributed by atoms with Crippen LogP contribution in [0.4, 0.5) is 21.0 Å². The molecule has 8 nitrogen and oxygen atoms in total. The van der Waals surface area contributed by atoms with Gasteiger partial charge in [-0.1, -0.05) is 35.3 Å². The Morgan fingerprint density at radius 2 is 1.19 bits per heavy atom. The van der Waals surface area contributed by atoms with E-state index in [9.17, 15) is 9.59 Å². The number of nitrogens with zero attached hydrogens (tertiary/aromatic N) is 2. The van der Waals surface area contributed by atoms with E-state index in [0.717, 1.165) is 17.5 Å². The third kappa shape index (κ3) is 4.12. The number of carboxylic acid groups (broad SMARTS) is 2. The van der Waals surface area contributed by atoms with Gasteiger partial charge in [0.25, 0.3) is 0 Å². The highest BCUT2D eigenvalue weighted by molar-refractivity contribution is 6.37. The molecule has 0 bridgehead atoms. The van der Waals surface area contributed by atoms with E-state index in [-0.39, 0.29) is 0 Å². The number of hydrogen-bond donors (Lipinski definition) is 4. The van der Waals surface area contributed by atoms with E-state index in [1.165, 1.54) is 0 Å². The second-order valence-corrected chi connectivity index (χ2v) is 7.77. The molecule has 0 saturated carbocycles. The van der Waals surface area contributed by atoms with Crippen molar-refractivity contribution in [1.82, 2.24) is 9.13 Å². The van der Waals surface area contributed by atoms with Gasteiger partial charge in [-0.15, -0.1) is 0 Å². The molecule has 0 unspecified atom stereocenters. The van der Waals surface area contributed by atoms with Crippen LogP contribution in [0, 0.1) is 0 Å². The number of halogens is 2. The molecule has 2 amide bonds. The third-order valence-corrected chi connectivity index (χ3v) is 5.57. The van der Waals surface area contributed by atoms with Crippen molar-refractivity contribution in [3.05, 3.63) is 58.8 Å². The molecule has 2 aromatic carbocycles. The molecule has 4 rings (SSSR count). The van der Waals surface area contributed by atoms with E-state index >= 15 is 0 Å². The number of benzene rings is 2. The zero-order valence-electron chi connectivity index (χ0n) is 16.1. The third-order valence-electron chi connectivity index (χ3n) is 5.00. The Balaban J connectivity index is 1.56. The summed E-state index contributed by atoms with van der Waals surface area (Å²) in [6.45, 7) is 1.29. The van der Waals surface area contributed by atoms with Crippen LogP contribution in [0.3, 0.4) is 0 Å². The average molecular weight is 461 g/mol. The molecule has 31 heavy (non-hydrogen) atoms. The van der Waals surface area contributed by atoms with E-state index in [2.05, 4.69) is 10.6 Å². The van der Waals surface area contributed by atoms with Gasteiger partial charge in [-0.25, -0.2) is 9.59 Å². The zero-order valence-corrected chi connectivity index (χ0v) is 17.6. The fourth-order valence-electron chi connectivity index (χ4n) is 3.82. The summed E-state index contributed by atoms with van der Waals surface area (Å²) in [6, 6.07) is 10.7. The number of rotatable bonds is 6. The Bertz CT molecular complexity index is 1210. The first-order valence-electron chi connectivity index (χ1n) is 9.39. The normalized spacial score (nSPS) is 11.2. The monoisotopic (exact) mass is 460 g/mol. The van der Waals surface area contributed by atoms with Gasteiger partial charge in [-0.3, -0.25) is 10.6 Å². The lowest BCUT2D eigenvalue weighted by Crippen LogP contribution is -2.07. The van der Waals surface area contributed by atoms with Gasteiger partial charge in [0.15, 0.2) is 0 Å². The van der Waals surface area contributed by atoms with Crippen molar-refractivity contribution in [3.63, 3.8) is 0 Å². The fraction of sp³-hybridized carbons (Fsp3) is 0.143. The van der Waals surface area contributed by atoms with Gasteiger partial charge >= 0.3 is 12.2 Å². The highest BCUT2D eigenvalue weighted by Crippen LogP contribution is 2.34. The molecule has 4 N–H and O–H groups in total. The topological polar surface area (TPSA) is 109 Å². The Morgan fingerprint density at radius 3 is 1.58 bits per heavy atom. The van der Waals surface area contributed by atoms with Gasteiger partial charge in [0.2, 0.25) is 0 Å². The van der Waals surface area contributed by atoms with Crippen molar-refractivity contribution in [2.75, 3.05) is 10.6 Å². The van der Waals surface area contributed by atoms with E-state index in [1.54, 1.807) is 36.7 Å². The standard InChI is InChI=1S/C21H18Cl2N4O4/c22-12-10-26(16-6-1-4-14(18(12)16)24-20(28)29)8-3-9-27-11-13(23)19-15(25-21(30)31)5-2-7-17(19)27/h1-2,4-7,10-11,24-25H,3,8-9H2,(H,28,29)(H,30,31). The number of anilines is 2. The molecular weight excluding hydrogens is 443 g/mol. The highest BCUT2D eigenvalue weighted by atomic mass is 35.5. The number of aryl methyl sites for hydroxylation is 2. The summed E-state index contributed by atoms with van der Waals surface area (Å²) in [6.07, 6.45) is 2.02. The molecule has 0 aliphatic carbocycles. The highest BCUT2D eigenvalue weighted by Gasteiger charge is 2.14. The van der Waals surface area contributed by atoms with Crippen molar-refractivity contribution >= 4 is 68.6 Å². The summed E-state index contributed by atoms with van der Waals surface area (Å²) in [5, 5.41) is 25.1. The Hall–Kier alpha value is -3.36. The van der Waals surface area contributed by atoms with Gasteiger partial charge in [0, 0.05) is 36.3 Å². The summed E-state index contributed by atoms with van der Waals surface area (Å²) in [5.74, 6) is 0. The maximum Gasteiger partial charge on any atom is 0.409 e. The lowest BCUT2D eigenvalue weighted by Gasteiger charge is -2.09. The molecule has 2 aromatic heterocycles. The Morgan fingerprint density at radius 1 is 0.774 bits per heavy atom. The van der Waals surface area contributed by atoms with Gasteiger partial charge < -0.3 is 19.3 Å². The van der Waals surface area contributed by atoms with Crippen LogP contribution in [-0.4, -0.2) is 31.5 Å². The molecule has 10 heteroatoms. The summed E-state index contributed by atoms with van der Waals surface area (Å²) < 4.78 is 3.96. The number of carbonyl (C=O) groups is 2. The molecule has 0 saturated heterocycles. The first-order chi connectivity index (χ1) is 14.8. The Kier molecular flexibility index (Phi) is 5.67. The summed E-state index contributed by atoms with van der Waals surface area (Å²) >= 11 is 12.7. The first kappa shape index (κ1) is 20.9. The number of aromatic nitrogens is 2. The number of fused-ring (bicyclic) bond motifs is 2. The number of amides is 2. The Labute approximate surface area is 186 Å². The molecule has 0 spiro atoms. The van der Waals surface area contributed by atoms with Crippen molar-refractivity contribution < 1.29 is 19.8 Å². The number of nitrogens with one attached hydrogen (secondary N) is 2. The van der Waals surface area contributed by atoms with Crippen LogP contribution < -0.4 is 10.6 Å². The van der Waals surface area contributed by atoms with E-state index in [1.807, 2.05) is 21.3 Å². The molecular formula is C21H18Cl2N4O4. The molecule has 0 aliphatic rings. The van der Waals surface area contributed by atoms with Crippen LogP contribution in [0.1, 0.15) is 6.42 Å². The van der Waals surface area contributed by atoms with E-state index < -0.39 is 12.2 Å². The average Bonchev–Trinajstić information content (AvgIpc) is 3.19. The van der Waals surface area contributed by atoms with Crippen LogP contribution in [0.2, 0.25) is 10.0 Å². The minimum absolute atomic E-state index is 0.440. The van der Waals surface area contributed by atoms with E-state index in [4.69, 9.17) is 33.4 Å². The van der Waals surface area contributed by atoms with Crippen LogP contribution in [0.25, 0.3) is 21.8 Å². The lowest BCUT2D eigenvalue weighted by atomic mass is 10.2. The molecule has 2 heterocycles. The smallest absolute Gasteiger partial charge is 0.409 e. The predicted molar refractivity (Wildman–Crippen MR) is 122 cm³/mol. The van der Waals surface area contributed by atoms with Crippen molar-refractivity contribution in [2.45, 2.75) is 19.5 Å². The predicted octanol–water partition coefficient (Wildman–Crippen LogP) is 6.17. The van der Waals surface area contributed by atoms with Crippen LogP contribution in [-0.2, 0) is 13.1 Å². The van der Waals surface area contributed by atoms with Crippen LogP contribution >= 0.6 is 23.2 Å². The fourth-order valence-corrected chi connectivity index (χ4v) is 4.46. The van der Waals surface area contributed by atoms with Crippen molar-refractivity contribution in [2.24, 2.45) is 0 Å². The number of hydrogen-bond acceptors (Lipinski definition) is 2. The molecule has 0 aliphatic heterocycles. The molecule has 0 radical (unpaired) electrons. The molecule has 4 aromatic rings. The molecule has 160 valence electrons. The quantitative estimate of drug-likeness (QED) is 0.275. The zero-order chi connectivity index (χ0) is 22.1. The second kappa shape index (κ2) is 8.41. The minimum Gasteiger partial charge on any atom is -0.465 e. The largest absolute Gasteiger partial charge is 0.465 e. The van der Waals surface area contributed by atoms with Crippen LogP contribution in [0.15, 0.2) is 48.8 Å². The van der Waals surface area contributed by atoms with Gasteiger partial charge in [0.05, 0.1) is 32.5 Å². The van der Waals surface area contributed by atoms with Crippen LogP contribution in [0.5, 0.6) is 0 Å². The maximum absolute atomic E-state index is 11.0. The summed E-state index contributed by atoms with van der Waals surface area (Å²) in [4.78, 5) is 22.1. The molecule has 0 atom stereocenters. The van der Waals surface area contributed by atoms with Gasteiger partial charge in [-0.2, -0.15) is 0 Å². The van der Waals surface area contributed by atoms with E-state index in [0.29, 0.717) is 45.3 Å². The molecule has 0 fully saturated rings. The summed E-state index contributed by atoms with van der Waals surface area (Å²) in [7, 11) is 0. The van der Waals surface area contributed by atoms with Crippen molar-refractivity contribution in [1.29, 1.82) is 0 Å². The van der Waals surface area contributed by atoms with Crippen molar-refractivity contribution in [3.8, 4) is 0 Å². The maximum atomic E-state index is 11.0. The van der Waals surface area contributed by atoms with Gasteiger partial charge in [-0.05, 0) is 30.7 Å². The minimum atomic E-state index is -1.15. The first-order valence-corrected chi connectivity index (χ1v) is 10.2. The lowest BCUT2D eigenvalue weighted by molar-refractivity contribution is 0.208. The summed E-state index contributed by atoms with van der Waals surface area (Å²) in [5.41, 5.74) is 2.55. The second-order valence-electron chi connectivity index (χ2n) is 6.95. The SMILES string of the molecule is O=C(O)Nc1cccc2c1c(Cl)cn2CCCn1cc(Cl)c2c(NC(=O)O)cccc21.